The van der Waals surface area contributed by atoms with Crippen LogP contribution in [0, 0.1) is 13.8 Å². The minimum absolute atomic E-state index is 0.0742. The van der Waals surface area contributed by atoms with Gasteiger partial charge in [-0.1, -0.05) is 84.9 Å². The predicted molar refractivity (Wildman–Crippen MR) is 147 cm³/mol. The van der Waals surface area contributed by atoms with Crippen molar-refractivity contribution in [1.82, 2.24) is 5.32 Å². The summed E-state index contributed by atoms with van der Waals surface area (Å²) in [5, 5.41) is 5.29. The molecule has 0 saturated carbocycles. The summed E-state index contributed by atoms with van der Waals surface area (Å²) in [5.41, 5.74) is 7.17. The van der Waals surface area contributed by atoms with Crippen LogP contribution in [0.3, 0.4) is 0 Å². The number of ether oxygens (including phenoxy) is 1. The second-order valence-electron chi connectivity index (χ2n) is 9.50. The fourth-order valence-electron chi connectivity index (χ4n) is 5.04. The van der Waals surface area contributed by atoms with E-state index in [2.05, 4.69) is 22.8 Å². The van der Waals surface area contributed by atoms with Crippen molar-refractivity contribution < 1.29 is 19.1 Å². The first-order valence-corrected chi connectivity index (χ1v) is 12.5. The number of benzene rings is 4. The number of carbonyl (C=O) groups is 3. The highest BCUT2D eigenvalue weighted by molar-refractivity contribution is 6.18. The molecule has 1 aliphatic rings. The van der Waals surface area contributed by atoms with E-state index < -0.39 is 23.8 Å². The fourth-order valence-corrected chi connectivity index (χ4v) is 5.04. The van der Waals surface area contributed by atoms with E-state index in [0.717, 1.165) is 33.4 Å². The van der Waals surface area contributed by atoms with Gasteiger partial charge in [-0.05, 0) is 59.4 Å². The van der Waals surface area contributed by atoms with Gasteiger partial charge in [0.15, 0.2) is 11.8 Å². The molecule has 0 aromatic heterocycles. The molecule has 2 amide bonds. The Morgan fingerprint density at radius 1 is 0.763 bits per heavy atom. The first-order valence-electron chi connectivity index (χ1n) is 12.5. The Morgan fingerprint density at radius 3 is 1.92 bits per heavy atom. The van der Waals surface area contributed by atoms with Crippen LogP contribution in [-0.4, -0.2) is 30.4 Å². The Labute approximate surface area is 221 Å². The summed E-state index contributed by atoms with van der Waals surface area (Å²) in [6.45, 7) is 3.92. The average Bonchev–Trinajstić information content (AvgIpc) is 3.23. The van der Waals surface area contributed by atoms with E-state index in [1.165, 1.54) is 0 Å². The quantitative estimate of drug-likeness (QED) is 0.238. The van der Waals surface area contributed by atoms with Crippen LogP contribution >= 0.6 is 0 Å². The third-order valence-electron chi connectivity index (χ3n) is 6.68. The number of aryl methyl sites for hydroxylation is 2. The lowest BCUT2D eigenvalue weighted by Gasteiger charge is -2.19. The van der Waals surface area contributed by atoms with Crippen molar-refractivity contribution in [2.45, 2.75) is 25.8 Å². The number of nitrogens with one attached hydrogen (secondary N) is 2. The van der Waals surface area contributed by atoms with Gasteiger partial charge >= 0.3 is 6.09 Å². The van der Waals surface area contributed by atoms with Crippen LogP contribution in [0.25, 0.3) is 11.1 Å². The molecule has 4 aromatic carbocycles. The minimum Gasteiger partial charge on any atom is -0.449 e. The van der Waals surface area contributed by atoms with Gasteiger partial charge in [-0.3, -0.25) is 9.59 Å². The van der Waals surface area contributed by atoms with Gasteiger partial charge in [0.25, 0.3) is 5.91 Å². The molecule has 0 radical (unpaired) electrons. The zero-order chi connectivity index (χ0) is 26.6. The van der Waals surface area contributed by atoms with Gasteiger partial charge in [0.2, 0.25) is 0 Å². The van der Waals surface area contributed by atoms with E-state index in [-0.39, 0.29) is 12.5 Å². The van der Waals surface area contributed by atoms with Gasteiger partial charge in [0.05, 0.1) is 0 Å². The second-order valence-corrected chi connectivity index (χ2v) is 9.50. The molecule has 5 rings (SSSR count). The monoisotopic (exact) mass is 504 g/mol. The molecule has 6 nitrogen and oxygen atoms in total. The molecule has 0 heterocycles. The van der Waals surface area contributed by atoms with Crippen molar-refractivity contribution in [1.29, 1.82) is 0 Å². The highest BCUT2D eigenvalue weighted by Crippen LogP contribution is 2.44. The van der Waals surface area contributed by atoms with Gasteiger partial charge in [-0.2, -0.15) is 0 Å². The molecule has 4 aromatic rings. The molecule has 1 aliphatic carbocycles. The molecule has 0 fully saturated rings. The molecule has 38 heavy (non-hydrogen) atoms. The van der Waals surface area contributed by atoms with Crippen molar-refractivity contribution in [3.8, 4) is 11.1 Å². The Balaban J connectivity index is 1.34. The number of Topliss-reactive ketones (excluding diaryl/α,β-unsaturated/α-hetero) is 1. The lowest BCUT2D eigenvalue weighted by atomic mass is 9.98. The normalized spacial score (nSPS) is 12.7. The van der Waals surface area contributed by atoms with E-state index in [1.54, 1.807) is 30.3 Å². The van der Waals surface area contributed by atoms with Crippen molar-refractivity contribution in [3.63, 3.8) is 0 Å². The number of anilines is 1. The van der Waals surface area contributed by atoms with Gasteiger partial charge in [0.1, 0.15) is 6.61 Å². The molecule has 6 heteroatoms. The Hall–Kier alpha value is -4.71. The Bertz CT molecular complexity index is 1450. The lowest BCUT2D eigenvalue weighted by Crippen LogP contribution is -2.49. The summed E-state index contributed by atoms with van der Waals surface area (Å²) >= 11 is 0. The number of hydrogen-bond donors (Lipinski definition) is 2. The smallest absolute Gasteiger partial charge is 0.408 e. The molecule has 0 saturated heterocycles. The van der Waals surface area contributed by atoms with Crippen LogP contribution in [0.5, 0.6) is 0 Å². The van der Waals surface area contributed by atoms with E-state index >= 15 is 0 Å². The summed E-state index contributed by atoms with van der Waals surface area (Å²) in [4.78, 5) is 39.5. The number of rotatable bonds is 7. The van der Waals surface area contributed by atoms with E-state index in [0.29, 0.717) is 11.3 Å². The maximum atomic E-state index is 13.3. The van der Waals surface area contributed by atoms with Crippen LogP contribution in [0.15, 0.2) is 97.1 Å². The summed E-state index contributed by atoms with van der Waals surface area (Å²) in [5.74, 6) is -1.31. The zero-order valence-corrected chi connectivity index (χ0v) is 21.2. The first kappa shape index (κ1) is 25.0. The van der Waals surface area contributed by atoms with E-state index in [4.69, 9.17) is 4.74 Å². The number of fused-ring (bicyclic) bond motifs is 3. The molecule has 0 bridgehead atoms. The third-order valence-corrected chi connectivity index (χ3v) is 6.68. The summed E-state index contributed by atoms with van der Waals surface area (Å²) in [7, 11) is 0. The minimum atomic E-state index is -1.46. The van der Waals surface area contributed by atoms with Gasteiger partial charge in [-0.15, -0.1) is 0 Å². The van der Waals surface area contributed by atoms with Crippen molar-refractivity contribution in [2.24, 2.45) is 0 Å². The van der Waals surface area contributed by atoms with Crippen LogP contribution in [0.4, 0.5) is 10.5 Å². The number of hydrogen-bond acceptors (Lipinski definition) is 4. The number of carbonyl (C=O) groups excluding carboxylic acids is 3. The summed E-state index contributed by atoms with van der Waals surface area (Å²) < 4.78 is 5.61. The average molecular weight is 505 g/mol. The van der Waals surface area contributed by atoms with Crippen LogP contribution in [-0.2, 0) is 9.53 Å². The molecular formula is C32H28N2O4. The molecule has 1 atom stereocenters. The van der Waals surface area contributed by atoms with Gasteiger partial charge < -0.3 is 15.4 Å². The molecule has 0 aliphatic heterocycles. The maximum absolute atomic E-state index is 13.3. The summed E-state index contributed by atoms with van der Waals surface area (Å²) in [6.07, 6.45) is -0.836. The Kier molecular flexibility index (Phi) is 7.05. The van der Waals surface area contributed by atoms with Crippen molar-refractivity contribution in [3.05, 3.63) is 125 Å². The second kappa shape index (κ2) is 10.7. The summed E-state index contributed by atoms with van der Waals surface area (Å²) in [6, 6.07) is 28.6. The highest BCUT2D eigenvalue weighted by Gasteiger charge is 2.32. The van der Waals surface area contributed by atoms with E-state index in [1.807, 2.05) is 68.4 Å². The van der Waals surface area contributed by atoms with Crippen LogP contribution in [0.2, 0.25) is 0 Å². The Morgan fingerprint density at radius 2 is 1.32 bits per heavy atom. The fraction of sp³-hybridized carbons (Fsp3) is 0.156. The molecule has 190 valence electrons. The molecule has 0 spiro atoms. The SMILES string of the molecule is Cc1cc(C)cc(NC(=O)C(NC(=O)OCC2c3ccccc3-c3ccccc32)C(=O)c2ccccc2)c1. The predicted octanol–water partition coefficient (Wildman–Crippen LogP) is 6.03. The van der Waals surface area contributed by atoms with Gasteiger partial charge in [0, 0.05) is 17.2 Å². The zero-order valence-electron chi connectivity index (χ0n) is 21.2. The van der Waals surface area contributed by atoms with Crippen LogP contribution < -0.4 is 10.6 Å². The number of amides is 2. The van der Waals surface area contributed by atoms with Crippen LogP contribution in [0.1, 0.15) is 38.5 Å². The van der Waals surface area contributed by atoms with Gasteiger partial charge in [-0.25, -0.2) is 4.79 Å². The molecule has 2 N–H and O–H groups in total. The maximum Gasteiger partial charge on any atom is 0.408 e. The first-order chi connectivity index (χ1) is 18.4. The molecular weight excluding hydrogens is 476 g/mol. The largest absolute Gasteiger partial charge is 0.449 e. The lowest BCUT2D eigenvalue weighted by molar-refractivity contribution is -0.117. The van der Waals surface area contributed by atoms with E-state index in [9.17, 15) is 14.4 Å². The highest BCUT2D eigenvalue weighted by atomic mass is 16.5. The van der Waals surface area contributed by atoms with Crippen molar-refractivity contribution in [2.75, 3.05) is 11.9 Å². The number of alkyl carbamates (subject to hydrolysis) is 1. The molecule has 1 unspecified atom stereocenters. The van der Waals surface area contributed by atoms with Crippen molar-refractivity contribution >= 4 is 23.5 Å². The third kappa shape index (κ3) is 5.20. The standard InChI is InChI=1S/C32H28N2O4/c1-20-16-21(2)18-23(17-20)33-31(36)29(30(35)22-10-4-3-5-11-22)34-32(37)38-19-28-26-14-8-6-12-24(26)25-13-7-9-15-27(25)28/h3-18,28-29H,19H2,1-2H3,(H,33,36)(H,34,37). The topological polar surface area (TPSA) is 84.5 Å². The number of ketones is 1.